The van der Waals surface area contributed by atoms with Crippen LogP contribution in [0.15, 0.2) is 24.3 Å². The first-order chi connectivity index (χ1) is 10.5. The molecule has 6 nitrogen and oxygen atoms in total. The Morgan fingerprint density at radius 1 is 1.14 bits per heavy atom. The second-order valence-corrected chi connectivity index (χ2v) is 4.96. The van der Waals surface area contributed by atoms with Gasteiger partial charge in [-0.3, -0.25) is 0 Å². The fourth-order valence-electron chi connectivity index (χ4n) is 2.03. The quantitative estimate of drug-likeness (QED) is 0.552. The van der Waals surface area contributed by atoms with Crippen molar-refractivity contribution in [1.29, 1.82) is 0 Å². The van der Waals surface area contributed by atoms with E-state index in [-0.39, 0.29) is 6.61 Å². The normalized spacial score (nSPS) is 17.2. The maximum Gasteiger partial charge on any atom is 0.124 e. The highest BCUT2D eigenvalue weighted by molar-refractivity contribution is 5.58. The van der Waals surface area contributed by atoms with Crippen LogP contribution in [0.2, 0.25) is 0 Å². The summed E-state index contributed by atoms with van der Waals surface area (Å²) in [4.78, 5) is 0. The second kappa shape index (κ2) is 8.87. The number of aliphatic hydroxyl groups is 4. The Labute approximate surface area is 130 Å². The molecule has 0 bridgehead atoms. The standard InChI is InChI=1S/C16H24O6/c1-10(21-2)15(19)16(20)13(18)8-7-11-5-4-6-14(22-3)12(11)9-17/h4-8,10,13,15-20H,9H2,1-3H3/b8-7+/t10-,13+,15-,16+/m0/s1. The van der Waals surface area contributed by atoms with Crippen molar-refractivity contribution >= 4 is 6.08 Å². The first kappa shape index (κ1) is 18.6. The van der Waals surface area contributed by atoms with Gasteiger partial charge in [0.1, 0.15) is 24.1 Å². The minimum Gasteiger partial charge on any atom is -0.496 e. The van der Waals surface area contributed by atoms with Crippen molar-refractivity contribution in [2.24, 2.45) is 0 Å². The zero-order valence-corrected chi connectivity index (χ0v) is 13.0. The Hall–Kier alpha value is -1.44. The third-order valence-corrected chi connectivity index (χ3v) is 3.57. The number of hydrogen-bond donors (Lipinski definition) is 4. The summed E-state index contributed by atoms with van der Waals surface area (Å²) in [5.41, 5.74) is 1.23. The van der Waals surface area contributed by atoms with Crippen molar-refractivity contribution in [3.05, 3.63) is 35.4 Å². The van der Waals surface area contributed by atoms with Crippen LogP contribution < -0.4 is 4.74 Å². The molecule has 0 aliphatic rings. The molecule has 1 rings (SSSR count). The number of methoxy groups -OCH3 is 2. The van der Waals surface area contributed by atoms with E-state index in [1.807, 2.05) is 0 Å². The highest BCUT2D eigenvalue weighted by atomic mass is 16.5. The molecule has 0 aliphatic heterocycles. The second-order valence-electron chi connectivity index (χ2n) is 4.96. The lowest BCUT2D eigenvalue weighted by atomic mass is 10.0. The van der Waals surface area contributed by atoms with Gasteiger partial charge < -0.3 is 29.9 Å². The largest absolute Gasteiger partial charge is 0.496 e. The molecule has 0 amide bonds. The van der Waals surface area contributed by atoms with E-state index < -0.39 is 24.4 Å². The van der Waals surface area contributed by atoms with Crippen molar-refractivity contribution in [1.82, 2.24) is 0 Å². The molecular formula is C16H24O6. The van der Waals surface area contributed by atoms with Crippen molar-refractivity contribution in [2.75, 3.05) is 14.2 Å². The van der Waals surface area contributed by atoms with Gasteiger partial charge in [-0.2, -0.15) is 0 Å². The lowest BCUT2D eigenvalue weighted by Gasteiger charge is -2.25. The SMILES string of the molecule is COc1cccc(/C=C/[C@@H](O)[C@@H](O)[C@@H](O)[C@H](C)OC)c1CO. The summed E-state index contributed by atoms with van der Waals surface area (Å²) >= 11 is 0. The van der Waals surface area contributed by atoms with Crippen LogP contribution in [0.25, 0.3) is 6.08 Å². The van der Waals surface area contributed by atoms with E-state index in [1.165, 1.54) is 20.3 Å². The Bertz CT molecular complexity index is 488. The van der Waals surface area contributed by atoms with Gasteiger partial charge in [0.25, 0.3) is 0 Å². The predicted octanol–water partition coefficient (Wildman–Crippen LogP) is 0.318. The lowest BCUT2D eigenvalue weighted by molar-refractivity contribution is -0.0979. The van der Waals surface area contributed by atoms with Crippen LogP contribution in [0.3, 0.4) is 0 Å². The summed E-state index contributed by atoms with van der Waals surface area (Å²) < 4.78 is 10.1. The monoisotopic (exact) mass is 312 g/mol. The summed E-state index contributed by atoms with van der Waals surface area (Å²) in [6.45, 7) is 1.38. The molecule has 124 valence electrons. The van der Waals surface area contributed by atoms with Gasteiger partial charge in [-0.25, -0.2) is 0 Å². The first-order valence-electron chi connectivity index (χ1n) is 6.98. The van der Waals surface area contributed by atoms with Gasteiger partial charge >= 0.3 is 0 Å². The van der Waals surface area contributed by atoms with Gasteiger partial charge in [-0.05, 0) is 18.6 Å². The van der Waals surface area contributed by atoms with Crippen LogP contribution in [0.4, 0.5) is 0 Å². The fraction of sp³-hybridized carbons (Fsp3) is 0.500. The van der Waals surface area contributed by atoms with Gasteiger partial charge in [0.05, 0.1) is 19.8 Å². The molecule has 6 heteroatoms. The molecule has 0 saturated heterocycles. The molecule has 0 unspecified atom stereocenters. The van der Waals surface area contributed by atoms with Crippen molar-refractivity contribution < 1.29 is 29.9 Å². The number of aliphatic hydroxyl groups excluding tert-OH is 4. The smallest absolute Gasteiger partial charge is 0.124 e. The van der Waals surface area contributed by atoms with E-state index in [2.05, 4.69) is 0 Å². The maximum atomic E-state index is 9.94. The highest BCUT2D eigenvalue weighted by Crippen LogP contribution is 2.23. The average Bonchev–Trinajstić information content (AvgIpc) is 2.56. The summed E-state index contributed by atoms with van der Waals surface area (Å²) in [7, 11) is 2.91. The number of rotatable bonds is 8. The minimum atomic E-state index is -1.38. The van der Waals surface area contributed by atoms with Gasteiger partial charge in [0.15, 0.2) is 0 Å². The van der Waals surface area contributed by atoms with Crippen molar-refractivity contribution in [3.8, 4) is 5.75 Å². The van der Waals surface area contributed by atoms with Gasteiger partial charge in [0, 0.05) is 12.7 Å². The zero-order chi connectivity index (χ0) is 16.7. The van der Waals surface area contributed by atoms with E-state index >= 15 is 0 Å². The van der Waals surface area contributed by atoms with Gasteiger partial charge in [-0.15, -0.1) is 0 Å². The molecule has 1 aromatic rings. The van der Waals surface area contributed by atoms with Crippen LogP contribution in [0.1, 0.15) is 18.1 Å². The molecule has 0 saturated carbocycles. The van der Waals surface area contributed by atoms with Crippen LogP contribution in [-0.2, 0) is 11.3 Å². The summed E-state index contributed by atoms with van der Waals surface area (Å²) in [5.74, 6) is 0.535. The van der Waals surface area contributed by atoms with E-state index in [0.717, 1.165) is 0 Å². The Morgan fingerprint density at radius 2 is 1.82 bits per heavy atom. The van der Waals surface area contributed by atoms with E-state index in [9.17, 15) is 20.4 Å². The summed E-state index contributed by atoms with van der Waals surface area (Å²) in [6, 6.07) is 5.22. The number of hydrogen-bond acceptors (Lipinski definition) is 6. The topological polar surface area (TPSA) is 99.4 Å². The zero-order valence-electron chi connectivity index (χ0n) is 13.0. The Morgan fingerprint density at radius 3 is 2.36 bits per heavy atom. The van der Waals surface area contributed by atoms with E-state index in [4.69, 9.17) is 9.47 Å². The first-order valence-corrected chi connectivity index (χ1v) is 6.98. The number of benzene rings is 1. The van der Waals surface area contributed by atoms with Crippen molar-refractivity contribution in [3.63, 3.8) is 0 Å². The molecular weight excluding hydrogens is 288 g/mol. The van der Waals surface area contributed by atoms with Crippen molar-refractivity contribution in [2.45, 2.75) is 37.9 Å². The molecule has 0 aromatic heterocycles. The van der Waals surface area contributed by atoms with Crippen LogP contribution in [0, 0.1) is 0 Å². The van der Waals surface area contributed by atoms with Crippen LogP contribution in [-0.4, -0.2) is 59.1 Å². The minimum absolute atomic E-state index is 0.217. The molecule has 4 N–H and O–H groups in total. The maximum absolute atomic E-state index is 9.94. The van der Waals surface area contributed by atoms with Gasteiger partial charge in [-0.1, -0.05) is 24.3 Å². The summed E-state index contributed by atoms with van der Waals surface area (Å²) in [5, 5.41) is 39.0. The third kappa shape index (κ3) is 4.53. The molecule has 1 aromatic carbocycles. The molecule has 4 atom stereocenters. The number of ether oxygens (including phenoxy) is 2. The summed E-state index contributed by atoms with van der Waals surface area (Å²) in [6.07, 6.45) is -1.56. The third-order valence-electron chi connectivity index (χ3n) is 3.57. The highest BCUT2D eigenvalue weighted by Gasteiger charge is 2.27. The van der Waals surface area contributed by atoms with Crippen LogP contribution >= 0.6 is 0 Å². The Balaban J connectivity index is 2.88. The average molecular weight is 312 g/mol. The Kier molecular flexibility index (Phi) is 7.50. The van der Waals surface area contributed by atoms with E-state index in [0.29, 0.717) is 16.9 Å². The van der Waals surface area contributed by atoms with E-state index in [1.54, 1.807) is 31.2 Å². The molecule has 0 spiro atoms. The molecule has 0 fully saturated rings. The lowest BCUT2D eigenvalue weighted by Crippen LogP contribution is -2.43. The van der Waals surface area contributed by atoms with Gasteiger partial charge in [0.2, 0.25) is 0 Å². The molecule has 0 aliphatic carbocycles. The predicted molar refractivity (Wildman–Crippen MR) is 82.4 cm³/mol. The molecule has 22 heavy (non-hydrogen) atoms. The van der Waals surface area contributed by atoms with Crippen LogP contribution in [0.5, 0.6) is 5.75 Å². The molecule has 0 heterocycles. The molecule has 0 radical (unpaired) electrons. The fourth-order valence-corrected chi connectivity index (χ4v) is 2.03.